The molecular formula is C21H29NO4. The molecule has 0 bridgehead atoms. The predicted octanol–water partition coefficient (Wildman–Crippen LogP) is 3.41. The lowest BCUT2D eigenvalue weighted by atomic mass is 9.63. The molecule has 1 saturated carbocycles. The number of methoxy groups -OCH3 is 2. The SMILES string of the molecule is COC[C@]1(C)CC[C@]2(OC(=O)[C@@H](Cc3ccccc3)N=C2OC)C1(C)C. The lowest BCUT2D eigenvalue weighted by Crippen LogP contribution is -2.60. The van der Waals surface area contributed by atoms with E-state index in [0.29, 0.717) is 25.3 Å². The highest BCUT2D eigenvalue weighted by Crippen LogP contribution is 2.61. The summed E-state index contributed by atoms with van der Waals surface area (Å²) < 4.78 is 17.3. The molecule has 1 heterocycles. The van der Waals surface area contributed by atoms with Gasteiger partial charge in [-0.05, 0) is 18.4 Å². The topological polar surface area (TPSA) is 57.1 Å². The normalized spacial score (nSPS) is 33.0. The van der Waals surface area contributed by atoms with Gasteiger partial charge in [-0.15, -0.1) is 0 Å². The van der Waals surface area contributed by atoms with Gasteiger partial charge in [0.1, 0.15) is 0 Å². The van der Waals surface area contributed by atoms with Gasteiger partial charge in [0.05, 0.1) is 13.7 Å². The van der Waals surface area contributed by atoms with Gasteiger partial charge < -0.3 is 14.2 Å². The van der Waals surface area contributed by atoms with Crippen molar-refractivity contribution in [1.82, 2.24) is 0 Å². The molecule has 0 radical (unpaired) electrons. The third-order valence-corrected chi connectivity index (χ3v) is 6.64. The average molecular weight is 359 g/mol. The summed E-state index contributed by atoms with van der Waals surface area (Å²) in [6, 6.07) is 9.30. The molecule has 0 N–H and O–H groups in total. The molecule has 2 aliphatic rings. The van der Waals surface area contributed by atoms with Gasteiger partial charge in [0.25, 0.3) is 0 Å². The minimum Gasteiger partial charge on any atom is -0.481 e. The van der Waals surface area contributed by atoms with Crippen LogP contribution in [0.25, 0.3) is 0 Å². The third-order valence-electron chi connectivity index (χ3n) is 6.64. The Kier molecular flexibility index (Phi) is 4.86. The molecule has 1 aliphatic heterocycles. The second-order valence-corrected chi connectivity index (χ2v) is 8.21. The van der Waals surface area contributed by atoms with E-state index in [1.54, 1.807) is 14.2 Å². The first-order valence-electron chi connectivity index (χ1n) is 9.18. The van der Waals surface area contributed by atoms with Crippen LogP contribution < -0.4 is 0 Å². The Morgan fingerprint density at radius 2 is 1.85 bits per heavy atom. The highest BCUT2D eigenvalue weighted by atomic mass is 16.6. The molecule has 3 atom stereocenters. The van der Waals surface area contributed by atoms with Crippen LogP contribution in [0.15, 0.2) is 35.3 Å². The fourth-order valence-corrected chi connectivity index (χ4v) is 4.45. The lowest BCUT2D eigenvalue weighted by molar-refractivity contribution is -0.172. The van der Waals surface area contributed by atoms with Gasteiger partial charge >= 0.3 is 5.97 Å². The number of nitrogens with zero attached hydrogens (tertiary/aromatic N) is 1. The van der Waals surface area contributed by atoms with E-state index in [1.165, 1.54) is 0 Å². The number of hydrogen-bond acceptors (Lipinski definition) is 5. The van der Waals surface area contributed by atoms with Crippen molar-refractivity contribution in [2.75, 3.05) is 20.8 Å². The second-order valence-electron chi connectivity index (χ2n) is 8.21. The minimum atomic E-state index is -0.834. The van der Waals surface area contributed by atoms with Crippen LogP contribution in [0, 0.1) is 10.8 Å². The smallest absolute Gasteiger partial charge is 0.332 e. The van der Waals surface area contributed by atoms with Crippen molar-refractivity contribution < 1.29 is 19.0 Å². The summed E-state index contributed by atoms with van der Waals surface area (Å²) in [5.74, 6) is 0.257. The lowest BCUT2D eigenvalue weighted by Gasteiger charge is -2.49. The van der Waals surface area contributed by atoms with Crippen molar-refractivity contribution in [1.29, 1.82) is 0 Å². The van der Waals surface area contributed by atoms with Crippen LogP contribution in [-0.2, 0) is 25.4 Å². The van der Waals surface area contributed by atoms with Crippen LogP contribution in [0.5, 0.6) is 0 Å². The number of ether oxygens (including phenoxy) is 3. The summed E-state index contributed by atoms with van der Waals surface area (Å²) in [4.78, 5) is 17.6. The first-order valence-corrected chi connectivity index (χ1v) is 9.18. The highest BCUT2D eigenvalue weighted by Gasteiger charge is 2.67. The maximum atomic E-state index is 12.9. The zero-order valence-electron chi connectivity index (χ0n) is 16.4. The summed E-state index contributed by atoms with van der Waals surface area (Å²) in [5, 5.41) is 0. The molecule has 1 aromatic carbocycles. The maximum absolute atomic E-state index is 12.9. The van der Waals surface area contributed by atoms with Gasteiger partial charge in [0.15, 0.2) is 11.6 Å². The molecule has 1 aromatic rings. The minimum absolute atomic E-state index is 0.131. The van der Waals surface area contributed by atoms with Gasteiger partial charge in [-0.2, -0.15) is 0 Å². The van der Waals surface area contributed by atoms with Crippen molar-refractivity contribution in [2.24, 2.45) is 15.8 Å². The fourth-order valence-electron chi connectivity index (χ4n) is 4.45. The number of carbonyl (C=O) groups excluding carboxylic acids is 1. The van der Waals surface area contributed by atoms with Gasteiger partial charge in [-0.25, -0.2) is 9.79 Å². The first kappa shape index (κ1) is 18.9. The largest absolute Gasteiger partial charge is 0.481 e. The number of carbonyl (C=O) groups is 1. The number of hydrogen-bond donors (Lipinski definition) is 0. The maximum Gasteiger partial charge on any atom is 0.332 e. The fraction of sp³-hybridized carbons (Fsp3) is 0.619. The van der Waals surface area contributed by atoms with Crippen molar-refractivity contribution in [3.8, 4) is 0 Å². The van der Waals surface area contributed by atoms with E-state index < -0.39 is 11.6 Å². The Labute approximate surface area is 155 Å². The molecule has 0 saturated heterocycles. The summed E-state index contributed by atoms with van der Waals surface area (Å²) in [7, 11) is 3.32. The van der Waals surface area contributed by atoms with Gasteiger partial charge in [-0.3, -0.25) is 0 Å². The Balaban J connectivity index is 1.95. The van der Waals surface area contributed by atoms with Crippen LogP contribution in [0.1, 0.15) is 39.2 Å². The molecular weight excluding hydrogens is 330 g/mol. The molecule has 142 valence electrons. The molecule has 0 unspecified atom stereocenters. The first-order chi connectivity index (χ1) is 12.3. The predicted molar refractivity (Wildman–Crippen MR) is 100 cm³/mol. The van der Waals surface area contributed by atoms with Gasteiger partial charge in [0, 0.05) is 24.4 Å². The quantitative estimate of drug-likeness (QED) is 0.773. The molecule has 1 fully saturated rings. The second kappa shape index (κ2) is 6.69. The molecule has 3 rings (SSSR count). The Bertz CT molecular complexity index is 699. The summed E-state index contributed by atoms with van der Waals surface area (Å²) in [5.41, 5.74) is -0.273. The zero-order chi connectivity index (χ0) is 19.0. The van der Waals surface area contributed by atoms with E-state index in [1.807, 2.05) is 30.3 Å². The van der Waals surface area contributed by atoms with Crippen molar-refractivity contribution in [2.45, 2.75) is 51.7 Å². The molecule has 0 amide bonds. The Morgan fingerprint density at radius 3 is 2.46 bits per heavy atom. The number of rotatable bonds is 4. The van der Waals surface area contributed by atoms with E-state index in [9.17, 15) is 4.79 Å². The zero-order valence-corrected chi connectivity index (χ0v) is 16.4. The molecule has 5 heteroatoms. The van der Waals surface area contributed by atoms with E-state index in [4.69, 9.17) is 19.2 Å². The number of aliphatic imine (C=N–C) groups is 1. The van der Waals surface area contributed by atoms with E-state index >= 15 is 0 Å². The number of benzene rings is 1. The van der Waals surface area contributed by atoms with Crippen molar-refractivity contribution in [3.63, 3.8) is 0 Å². The molecule has 1 spiro atoms. The van der Waals surface area contributed by atoms with Crippen LogP contribution in [0.2, 0.25) is 0 Å². The standard InChI is InChI=1S/C21H29NO4/c1-19(2)20(3,14-24-4)11-12-21(19)18(25-5)22-16(17(23)26-21)13-15-9-7-6-8-10-15/h6-10,16H,11-14H2,1-5H3/t16-,20+,21-/m1/s1. The molecule has 26 heavy (non-hydrogen) atoms. The summed E-state index contributed by atoms with van der Waals surface area (Å²) in [6.45, 7) is 7.03. The third kappa shape index (κ3) is 2.73. The molecule has 5 nitrogen and oxygen atoms in total. The van der Waals surface area contributed by atoms with Crippen molar-refractivity contribution >= 4 is 11.9 Å². The van der Waals surface area contributed by atoms with Crippen LogP contribution in [-0.4, -0.2) is 44.3 Å². The average Bonchev–Trinajstić information content (AvgIpc) is 2.80. The van der Waals surface area contributed by atoms with Crippen LogP contribution >= 0.6 is 0 Å². The molecule has 1 aliphatic carbocycles. The Hall–Kier alpha value is -1.88. The monoisotopic (exact) mass is 359 g/mol. The highest BCUT2D eigenvalue weighted by molar-refractivity contribution is 5.95. The molecule has 0 aromatic heterocycles. The summed E-state index contributed by atoms with van der Waals surface area (Å²) in [6.07, 6.45) is 2.08. The Morgan fingerprint density at radius 1 is 1.15 bits per heavy atom. The van der Waals surface area contributed by atoms with Crippen LogP contribution in [0.3, 0.4) is 0 Å². The van der Waals surface area contributed by atoms with Crippen molar-refractivity contribution in [3.05, 3.63) is 35.9 Å². The van der Waals surface area contributed by atoms with E-state index in [-0.39, 0.29) is 16.8 Å². The van der Waals surface area contributed by atoms with Gasteiger partial charge in [0.2, 0.25) is 5.90 Å². The van der Waals surface area contributed by atoms with E-state index in [0.717, 1.165) is 12.0 Å². The summed E-state index contributed by atoms with van der Waals surface area (Å²) >= 11 is 0. The van der Waals surface area contributed by atoms with Gasteiger partial charge in [-0.1, -0.05) is 51.1 Å². The van der Waals surface area contributed by atoms with Crippen LogP contribution in [0.4, 0.5) is 0 Å². The van der Waals surface area contributed by atoms with E-state index in [2.05, 4.69) is 20.8 Å². The number of esters is 1.